The molecule has 0 amide bonds. The second-order valence-corrected chi connectivity index (χ2v) is 0. The van der Waals surface area contributed by atoms with E-state index in [4.69, 9.17) is 0 Å². The topological polar surface area (TPSA) is 0 Å². The molecule has 0 saturated carbocycles. The van der Waals surface area contributed by atoms with E-state index in [1.54, 1.807) is 0 Å². The van der Waals surface area contributed by atoms with Crippen molar-refractivity contribution in [1.29, 1.82) is 0 Å². The van der Waals surface area contributed by atoms with E-state index in [1.165, 1.54) is 0 Å². The van der Waals surface area contributed by atoms with Gasteiger partial charge in [-0.25, -0.2) is 0 Å². The minimum atomic E-state index is 0. The smallest absolute Gasteiger partial charge is 0.0149 e. The van der Waals surface area contributed by atoms with Gasteiger partial charge in [0.15, 0.2) is 0 Å². The Bertz CT molecular complexity index is 11.6. The van der Waals surface area contributed by atoms with Crippen molar-refractivity contribution in [2.24, 2.45) is 0 Å². The summed E-state index contributed by atoms with van der Waals surface area (Å²) in [7, 11) is 0. The van der Waals surface area contributed by atoms with Crippen LogP contribution in [0, 0.1) is 0 Å². The molecule has 0 spiro atoms. The number of hydrogen-bond acceptors (Lipinski definition) is 0. The van der Waals surface area contributed by atoms with Crippen molar-refractivity contribution in [3.63, 3.8) is 0 Å². The molecule has 0 heterocycles. The van der Waals surface area contributed by atoms with Gasteiger partial charge in [0.1, 0.15) is 0 Å². The predicted octanol–water partition coefficient (Wildman–Crippen LogP) is -2.64. The molecule has 0 aromatic rings. The number of rotatable bonds is 0. The summed E-state index contributed by atoms with van der Waals surface area (Å²) in [5.41, 5.74) is 0. The fraction of sp³-hybridized carbons (Fsp3) is 0. The zero-order chi connectivity index (χ0) is 0. The summed E-state index contributed by atoms with van der Waals surface area (Å²) in [6.45, 7) is 0. The van der Waals surface area contributed by atoms with E-state index >= 15 is 0 Å². The molecule has 0 aromatic heterocycles. The SMILES string of the molecule is B.[Fe].[Ni].[SiH4].[Ti]. The molecule has 0 radical (unpaired) electrons. The van der Waals surface area contributed by atoms with Gasteiger partial charge in [-0.3, -0.25) is 0 Å². The Balaban J connectivity index is 0. The Morgan fingerprint density at radius 3 is 1.00 bits per heavy atom. The van der Waals surface area contributed by atoms with Gasteiger partial charge in [-0.05, 0) is 11.0 Å². The van der Waals surface area contributed by atoms with Crippen molar-refractivity contribution in [3.8, 4) is 0 Å². The molecule has 0 saturated heterocycles. The maximum atomic E-state index is 0. The summed E-state index contributed by atoms with van der Waals surface area (Å²) in [5.74, 6) is 0. The molecule has 0 aromatic carbocycles. The molecule has 0 aliphatic rings. The van der Waals surface area contributed by atoms with Gasteiger partial charge in [0.2, 0.25) is 0 Å². The summed E-state index contributed by atoms with van der Waals surface area (Å²) in [5, 5.41) is 0. The summed E-state index contributed by atoms with van der Waals surface area (Å²) < 4.78 is 0. The first-order chi connectivity index (χ1) is 0. The van der Waals surface area contributed by atoms with Crippen molar-refractivity contribution in [2.75, 3.05) is 0 Å². The monoisotopic (exact) mass is 208 g/mol. The van der Waals surface area contributed by atoms with Crippen LogP contribution in [-0.4, -0.2) is 19.4 Å². The summed E-state index contributed by atoms with van der Waals surface area (Å²) >= 11 is 0. The Morgan fingerprint density at radius 1 is 1.00 bits per heavy atom. The minimum absolute atomic E-state index is 0. The Morgan fingerprint density at radius 2 is 1.00 bits per heavy atom. The summed E-state index contributed by atoms with van der Waals surface area (Å²) in [6.07, 6.45) is 0. The number of hydrogen-bond donors (Lipinski definition) is 0. The zero-order valence-corrected chi connectivity index (χ0v) is 4.82. The van der Waals surface area contributed by atoms with Crippen LogP contribution in [0.4, 0.5) is 0 Å². The molecule has 0 N–H and O–H groups in total. The molecular formula is H7BFeNiSiTi. The van der Waals surface area contributed by atoms with Gasteiger partial charge in [0.25, 0.3) is 0 Å². The van der Waals surface area contributed by atoms with Crippen LogP contribution < -0.4 is 0 Å². The van der Waals surface area contributed by atoms with E-state index in [1.807, 2.05) is 0 Å². The van der Waals surface area contributed by atoms with Gasteiger partial charge in [-0.15, -0.1) is 0 Å². The third-order valence-electron chi connectivity index (χ3n) is 0. The van der Waals surface area contributed by atoms with E-state index in [0.717, 1.165) is 0 Å². The fourth-order valence-corrected chi connectivity index (χ4v) is 0. The minimum Gasteiger partial charge on any atom is -0.0149 e. The van der Waals surface area contributed by atoms with Crippen LogP contribution in [0.3, 0.4) is 0 Å². The van der Waals surface area contributed by atoms with Gasteiger partial charge in [-0.2, -0.15) is 0 Å². The van der Waals surface area contributed by atoms with E-state index in [2.05, 4.69) is 0 Å². The van der Waals surface area contributed by atoms with Crippen molar-refractivity contribution in [1.82, 2.24) is 0 Å². The van der Waals surface area contributed by atoms with Crippen molar-refractivity contribution in [3.05, 3.63) is 0 Å². The Labute approximate surface area is 74.1 Å². The third-order valence-corrected chi connectivity index (χ3v) is 0. The average molecular weight is 208 g/mol. The van der Waals surface area contributed by atoms with Crippen LogP contribution in [0.2, 0.25) is 0 Å². The van der Waals surface area contributed by atoms with Gasteiger partial charge >= 0.3 is 0 Å². The molecule has 0 unspecified atom stereocenters. The molecule has 0 aliphatic carbocycles. The maximum Gasteiger partial charge on any atom is 0.0814 e. The normalized spacial score (nSPS) is 0. The average Bonchev–Trinajstić information content (AvgIpc) is 0. The van der Waals surface area contributed by atoms with E-state index in [9.17, 15) is 0 Å². The maximum absolute atomic E-state index is 0. The van der Waals surface area contributed by atoms with E-state index in [0.29, 0.717) is 0 Å². The first-order valence-corrected chi connectivity index (χ1v) is 0. The zero-order valence-electron chi connectivity index (χ0n) is 1.17. The standard InChI is InChI=1S/BH3.Fe.Ni.H4Si.Ti/h1H3;;;1H4;. The second kappa shape index (κ2) is 37.4. The van der Waals surface area contributed by atoms with Crippen LogP contribution in [0.15, 0.2) is 0 Å². The van der Waals surface area contributed by atoms with E-state index in [-0.39, 0.29) is 74.7 Å². The fourth-order valence-electron chi connectivity index (χ4n) is 0. The van der Waals surface area contributed by atoms with Crippen molar-refractivity contribution < 1.29 is 55.3 Å². The molecular weight excluding hydrogens is 201 g/mol. The molecule has 36 valence electrons. The predicted molar refractivity (Wildman–Crippen MR) is 21.3 cm³/mol. The van der Waals surface area contributed by atoms with Crippen molar-refractivity contribution in [2.45, 2.75) is 0 Å². The van der Waals surface area contributed by atoms with Crippen molar-refractivity contribution >= 4 is 19.4 Å². The first-order valence-electron chi connectivity index (χ1n) is 0. The first kappa shape index (κ1) is 62.7. The quantitative estimate of drug-likeness (QED) is 0.382. The second-order valence-electron chi connectivity index (χ2n) is 0. The Hall–Kier alpha value is 2.01. The van der Waals surface area contributed by atoms with Gasteiger partial charge in [0.05, 0.1) is 8.41 Å². The molecule has 0 bridgehead atoms. The molecule has 0 nitrogen and oxygen atoms in total. The molecule has 5 heavy (non-hydrogen) atoms. The van der Waals surface area contributed by atoms with E-state index < -0.39 is 0 Å². The van der Waals surface area contributed by atoms with Crippen LogP contribution in [0.25, 0.3) is 0 Å². The van der Waals surface area contributed by atoms with Crippen LogP contribution in [0.5, 0.6) is 0 Å². The summed E-state index contributed by atoms with van der Waals surface area (Å²) in [4.78, 5) is 0. The van der Waals surface area contributed by atoms with Crippen LogP contribution in [-0.2, 0) is 55.3 Å². The molecule has 0 atom stereocenters. The Kier molecular flexibility index (Phi) is 468. The largest absolute Gasteiger partial charge is 0.0814 e. The van der Waals surface area contributed by atoms with Gasteiger partial charge in [-0.1, -0.05) is 0 Å². The van der Waals surface area contributed by atoms with Gasteiger partial charge in [0, 0.05) is 55.3 Å². The molecule has 0 aliphatic heterocycles. The molecule has 5 heteroatoms. The molecule has 0 rings (SSSR count). The summed E-state index contributed by atoms with van der Waals surface area (Å²) in [6, 6.07) is 0. The van der Waals surface area contributed by atoms with Crippen LogP contribution >= 0.6 is 0 Å². The van der Waals surface area contributed by atoms with Crippen LogP contribution in [0.1, 0.15) is 0 Å². The van der Waals surface area contributed by atoms with Gasteiger partial charge < -0.3 is 0 Å². The molecule has 0 fully saturated rings. The third kappa shape index (κ3) is 23.9.